The molecule has 5 rings (SSSR count). The van der Waals surface area contributed by atoms with E-state index in [0.717, 1.165) is 15.4 Å². The van der Waals surface area contributed by atoms with Crippen molar-refractivity contribution in [2.75, 3.05) is 21.7 Å². The molecule has 41 heavy (non-hydrogen) atoms. The summed E-state index contributed by atoms with van der Waals surface area (Å²) in [5.74, 6) is -1.79. The SMILES string of the molecule is Cc1ccc(NC(=O)COc2ccc(Cl)cc2C=C2C(=O)N(c3ccccc3)C(=O)N(c3ccccc3)C2=O)cc1. The van der Waals surface area contributed by atoms with E-state index in [-0.39, 0.29) is 23.5 Å². The maximum Gasteiger partial charge on any atom is 0.343 e. The third-order valence-electron chi connectivity index (χ3n) is 6.24. The highest BCUT2D eigenvalue weighted by Crippen LogP contribution is 2.32. The molecule has 5 amide bonds. The lowest BCUT2D eigenvalue weighted by atomic mass is 10.0. The molecule has 0 atom stereocenters. The predicted octanol–water partition coefficient (Wildman–Crippen LogP) is 6.25. The van der Waals surface area contributed by atoms with Crippen molar-refractivity contribution in [2.24, 2.45) is 0 Å². The zero-order chi connectivity index (χ0) is 28.9. The molecule has 0 aliphatic carbocycles. The van der Waals surface area contributed by atoms with E-state index in [1.54, 1.807) is 84.9 Å². The van der Waals surface area contributed by atoms with Crippen LogP contribution in [0, 0.1) is 6.92 Å². The largest absolute Gasteiger partial charge is 0.483 e. The quantitative estimate of drug-likeness (QED) is 0.211. The first-order chi connectivity index (χ1) is 19.8. The number of carbonyl (C=O) groups excluding carboxylic acids is 4. The number of imide groups is 2. The van der Waals surface area contributed by atoms with Crippen LogP contribution in [0.15, 0.2) is 109 Å². The van der Waals surface area contributed by atoms with E-state index < -0.39 is 23.8 Å². The number of hydrogen-bond acceptors (Lipinski definition) is 5. The summed E-state index contributed by atoms with van der Waals surface area (Å²) in [6, 6.07) is 27.8. The van der Waals surface area contributed by atoms with Crippen LogP contribution in [0.3, 0.4) is 0 Å². The third-order valence-corrected chi connectivity index (χ3v) is 6.48. The summed E-state index contributed by atoms with van der Waals surface area (Å²) in [4.78, 5) is 55.3. The van der Waals surface area contributed by atoms with Gasteiger partial charge in [-0.15, -0.1) is 0 Å². The highest BCUT2D eigenvalue weighted by Gasteiger charge is 2.43. The summed E-state index contributed by atoms with van der Waals surface area (Å²) in [6.07, 6.45) is 1.32. The summed E-state index contributed by atoms with van der Waals surface area (Å²) < 4.78 is 5.77. The molecule has 4 aromatic carbocycles. The molecule has 0 aromatic heterocycles. The van der Waals surface area contributed by atoms with E-state index in [0.29, 0.717) is 22.1 Å². The zero-order valence-corrected chi connectivity index (χ0v) is 22.7. The number of ether oxygens (including phenoxy) is 1. The fourth-order valence-electron chi connectivity index (χ4n) is 4.24. The number of barbiturate groups is 1. The Labute approximate surface area is 241 Å². The van der Waals surface area contributed by atoms with E-state index >= 15 is 0 Å². The van der Waals surface area contributed by atoms with Gasteiger partial charge in [-0.3, -0.25) is 14.4 Å². The number of amides is 5. The Morgan fingerprint density at radius 2 is 1.37 bits per heavy atom. The summed E-state index contributed by atoms with van der Waals surface area (Å²) >= 11 is 6.25. The van der Waals surface area contributed by atoms with Crippen molar-refractivity contribution in [1.82, 2.24) is 0 Å². The Morgan fingerprint density at radius 1 is 0.805 bits per heavy atom. The number of halogens is 1. The van der Waals surface area contributed by atoms with E-state index in [2.05, 4.69) is 5.32 Å². The molecule has 204 valence electrons. The van der Waals surface area contributed by atoms with Gasteiger partial charge in [-0.1, -0.05) is 65.7 Å². The average Bonchev–Trinajstić information content (AvgIpc) is 2.97. The van der Waals surface area contributed by atoms with Crippen LogP contribution in [-0.4, -0.2) is 30.4 Å². The van der Waals surface area contributed by atoms with Crippen LogP contribution in [0.4, 0.5) is 21.9 Å². The predicted molar refractivity (Wildman–Crippen MR) is 158 cm³/mol. The Balaban J connectivity index is 1.49. The van der Waals surface area contributed by atoms with Crippen molar-refractivity contribution in [3.63, 3.8) is 0 Å². The lowest BCUT2D eigenvalue weighted by Crippen LogP contribution is -2.57. The molecule has 0 radical (unpaired) electrons. The van der Waals surface area contributed by atoms with E-state index in [9.17, 15) is 19.2 Å². The molecule has 1 saturated heterocycles. The fourth-order valence-corrected chi connectivity index (χ4v) is 4.42. The number of anilines is 3. The minimum absolute atomic E-state index is 0.218. The van der Waals surface area contributed by atoms with Crippen molar-refractivity contribution in [2.45, 2.75) is 6.92 Å². The number of carbonyl (C=O) groups is 4. The summed E-state index contributed by atoms with van der Waals surface area (Å²) in [5, 5.41) is 3.07. The molecule has 1 N–H and O–H groups in total. The van der Waals surface area contributed by atoms with E-state index in [1.807, 2.05) is 19.1 Å². The fraction of sp³-hybridized carbons (Fsp3) is 0.0625. The molecule has 1 aliphatic heterocycles. The molecule has 0 bridgehead atoms. The van der Waals surface area contributed by atoms with Gasteiger partial charge < -0.3 is 10.1 Å². The molecule has 8 nitrogen and oxygen atoms in total. The number of nitrogens with zero attached hydrogens (tertiary/aromatic N) is 2. The summed E-state index contributed by atoms with van der Waals surface area (Å²) in [5.41, 5.74) is 2.28. The monoisotopic (exact) mass is 565 g/mol. The van der Waals surface area contributed by atoms with Crippen molar-refractivity contribution >= 4 is 58.5 Å². The first-order valence-electron chi connectivity index (χ1n) is 12.7. The maximum atomic E-state index is 13.7. The van der Waals surface area contributed by atoms with Crippen LogP contribution in [-0.2, 0) is 14.4 Å². The lowest BCUT2D eigenvalue weighted by molar-refractivity contribution is -0.121. The zero-order valence-electron chi connectivity index (χ0n) is 21.9. The van der Waals surface area contributed by atoms with Gasteiger partial charge in [0.1, 0.15) is 11.3 Å². The number of urea groups is 1. The average molecular weight is 566 g/mol. The van der Waals surface area contributed by atoms with Crippen LogP contribution in [0.2, 0.25) is 5.02 Å². The summed E-state index contributed by atoms with van der Waals surface area (Å²) in [7, 11) is 0. The third kappa shape index (κ3) is 6.03. The second kappa shape index (κ2) is 11.9. The Bertz CT molecular complexity index is 1590. The number of benzene rings is 4. The number of hydrogen-bond donors (Lipinski definition) is 1. The standard InChI is InChI=1S/C32H24ClN3O5/c1-21-12-15-24(16-13-21)34-29(37)20-41-28-17-14-23(33)18-22(28)19-27-30(38)35(25-8-4-2-5-9-25)32(40)36(31(27)39)26-10-6-3-7-11-26/h2-19H,20H2,1H3,(H,34,37). The van der Waals surface area contributed by atoms with Crippen LogP contribution in [0.5, 0.6) is 5.75 Å². The molecule has 0 spiro atoms. The molecule has 9 heteroatoms. The molecule has 1 fully saturated rings. The smallest absolute Gasteiger partial charge is 0.343 e. The van der Waals surface area contributed by atoms with Gasteiger partial charge in [0.05, 0.1) is 11.4 Å². The van der Waals surface area contributed by atoms with Gasteiger partial charge in [0, 0.05) is 16.3 Å². The maximum absolute atomic E-state index is 13.7. The molecule has 1 aliphatic rings. The van der Waals surface area contributed by atoms with Gasteiger partial charge in [0.2, 0.25) is 0 Å². The number of aryl methyl sites for hydroxylation is 1. The molecule has 0 unspecified atom stereocenters. The van der Waals surface area contributed by atoms with E-state index in [1.165, 1.54) is 12.1 Å². The van der Waals surface area contributed by atoms with Crippen LogP contribution in [0.1, 0.15) is 11.1 Å². The minimum atomic E-state index is -0.804. The first kappa shape index (κ1) is 27.4. The highest BCUT2D eigenvalue weighted by atomic mass is 35.5. The highest BCUT2D eigenvalue weighted by molar-refractivity contribution is 6.46. The van der Waals surface area contributed by atoms with Gasteiger partial charge in [0.25, 0.3) is 17.7 Å². The van der Waals surface area contributed by atoms with Crippen LogP contribution >= 0.6 is 11.6 Å². The summed E-state index contributed by atoms with van der Waals surface area (Å²) in [6.45, 7) is 1.61. The molecular weight excluding hydrogens is 542 g/mol. The molecular formula is C32H24ClN3O5. The topological polar surface area (TPSA) is 96.0 Å². The molecule has 1 heterocycles. The van der Waals surface area contributed by atoms with Crippen molar-refractivity contribution < 1.29 is 23.9 Å². The van der Waals surface area contributed by atoms with Crippen LogP contribution in [0.25, 0.3) is 6.08 Å². The Hall–Kier alpha value is -5.21. The number of rotatable bonds is 7. The van der Waals surface area contributed by atoms with Gasteiger partial charge in [-0.05, 0) is 67.6 Å². The Morgan fingerprint density at radius 3 is 1.93 bits per heavy atom. The second-order valence-corrected chi connectivity index (χ2v) is 9.61. The Kier molecular flexibility index (Phi) is 7.94. The normalized spacial score (nSPS) is 13.3. The van der Waals surface area contributed by atoms with Crippen molar-refractivity contribution in [3.05, 3.63) is 125 Å². The minimum Gasteiger partial charge on any atom is -0.483 e. The number of nitrogens with one attached hydrogen (secondary N) is 1. The van der Waals surface area contributed by atoms with Gasteiger partial charge >= 0.3 is 6.03 Å². The van der Waals surface area contributed by atoms with E-state index in [4.69, 9.17) is 16.3 Å². The first-order valence-corrected chi connectivity index (χ1v) is 13.0. The van der Waals surface area contributed by atoms with Crippen LogP contribution < -0.4 is 19.9 Å². The lowest BCUT2D eigenvalue weighted by Gasteiger charge is -2.34. The van der Waals surface area contributed by atoms with Gasteiger partial charge in [-0.2, -0.15) is 0 Å². The molecule has 4 aromatic rings. The van der Waals surface area contributed by atoms with Gasteiger partial charge in [0.15, 0.2) is 6.61 Å². The van der Waals surface area contributed by atoms with Crippen molar-refractivity contribution in [1.29, 1.82) is 0 Å². The van der Waals surface area contributed by atoms with Crippen molar-refractivity contribution in [3.8, 4) is 5.75 Å². The molecule has 0 saturated carbocycles. The number of para-hydroxylation sites is 2. The second-order valence-electron chi connectivity index (χ2n) is 9.18. The van der Waals surface area contributed by atoms with Gasteiger partial charge in [-0.25, -0.2) is 14.6 Å².